The van der Waals surface area contributed by atoms with Gasteiger partial charge in [-0.25, -0.2) is 4.79 Å². The van der Waals surface area contributed by atoms with Crippen molar-refractivity contribution < 1.29 is 32.3 Å². The predicted molar refractivity (Wildman–Crippen MR) is 108 cm³/mol. The first-order valence-electron chi connectivity index (χ1n) is 8.59. The number of carbonyl (C=O) groups is 3. The van der Waals surface area contributed by atoms with Crippen molar-refractivity contribution in [1.82, 2.24) is 5.32 Å². The number of hydrogen-bond donors (Lipinski definition) is 3. The highest BCUT2D eigenvalue weighted by atomic mass is 35.5. The summed E-state index contributed by atoms with van der Waals surface area (Å²) in [5.74, 6) is -1.72. The molecular formula is C19H16Cl2F3N3O4. The van der Waals surface area contributed by atoms with Crippen LogP contribution in [-0.2, 0) is 20.5 Å². The van der Waals surface area contributed by atoms with Gasteiger partial charge in [-0.15, -0.1) is 0 Å². The number of primary amides is 1. The minimum atomic E-state index is -4.70. The summed E-state index contributed by atoms with van der Waals surface area (Å²) in [6.07, 6.45) is -5.05. The number of nitrogens with two attached hydrogens (primary N) is 1. The van der Waals surface area contributed by atoms with Gasteiger partial charge in [-0.1, -0.05) is 35.3 Å². The van der Waals surface area contributed by atoms with Gasteiger partial charge in [-0.2, -0.15) is 13.2 Å². The summed E-state index contributed by atoms with van der Waals surface area (Å²) in [5, 5.41) is 4.48. The number of anilines is 1. The first-order valence-corrected chi connectivity index (χ1v) is 9.35. The molecule has 0 radical (unpaired) electrons. The molecule has 0 heterocycles. The van der Waals surface area contributed by atoms with Crippen LogP contribution in [-0.4, -0.2) is 24.5 Å². The summed E-state index contributed by atoms with van der Waals surface area (Å²) < 4.78 is 43.5. The maximum absolute atomic E-state index is 12.9. The lowest BCUT2D eigenvalue weighted by Gasteiger charge is -2.17. The molecule has 31 heavy (non-hydrogen) atoms. The number of ether oxygens (including phenoxy) is 1. The minimum Gasteiger partial charge on any atom is -0.455 e. The van der Waals surface area contributed by atoms with Crippen LogP contribution >= 0.6 is 23.2 Å². The van der Waals surface area contributed by atoms with Gasteiger partial charge >= 0.3 is 18.2 Å². The van der Waals surface area contributed by atoms with Crippen molar-refractivity contribution in [2.75, 3.05) is 11.9 Å². The normalized spacial score (nSPS) is 12.0. The molecule has 3 amide bonds. The summed E-state index contributed by atoms with van der Waals surface area (Å²) in [4.78, 5) is 35.2. The Kier molecular flexibility index (Phi) is 8.12. The molecule has 7 nitrogen and oxygen atoms in total. The molecule has 4 N–H and O–H groups in total. The van der Waals surface area contributed by atoms with Gasteiger partial charge in [0.25, 0.3) is 5.91 Å². The molecule has 166 valence electrons. The van der Waals surface area contributed by atoms with Gasteiger partial charge in [-0.3, -0.25) is 9.59 Å². The molecule has 2 aromatic rings. The number of halogens is 5. The van der Waals surface area contributed by atoms with E-state index in [1.165, 1.54) is 6.07 Å². The van der Waals surface area contributed by atoms with Crippen LogP contribution in [0.25, 0.3) is 0 Å². The number of amides is 3. The maximum atomic E-state index is 12.9. The average molecular weight is 478 g/mol. The van der Waals surface area contributed by atoms with Crippen molar-refractivity contribution in [1.29, 1.82) is 0 Å². The monoisotopic (exact) mass is 477 g/mol. The molecule has 1 atom stereocenters. The Morgan fingerprint density at radius 1 is 1.06 bits per heavy atom. The summed E-state index contributed by atoms with van der Waals surface area (Å²) >= 11 is 11.3. The molecule has 12 heteroatoms. The Hall–Kier alpha value is -2.98. The highest BCUT2D eigenvalue weighted by Crippen LogP contribution is 2.36. The smallest absolute Gasteiger partial charge is 0.417 e. The van der Waals surface area contributed by atoms with Crippen LogP contribution in [0, 0.1) is 0 Å². The quantitative estimate of drug-likeness (QED) is 0.516. The number of nitrogens with one attached hydrogen (secondary N) is 2. The number of urea groups is 1. The Labute approximate surface area is 184 Å². The molecule has 0 aliphatic carbocycles. The fourth-order valence-electron chi connectivity index (χ4n) is 2.51. The number of alkyl halides is 3. The molecule has 0 spiro atoms. The van der Waals surface area contributed by atoms with E-state index < -0.39 is 47.3 Å². The van der Waals surface area contributed by atoms with Gasteiger partial charge in [0.2, 0.25) is 0 Å². The Balaban J connectivity index is 1.95. The Morgan fingerprint density at radius 3 is 2.29 bits per heavy atom. The van der Waals surface area contributed by atoms with Gasteiger partial charge in [-0.05, 0) is 35.9 Å². The van der Waals surface area contributed by atoms with Crippen LogP contribution in [0.15, 0.2) is 42.5 Å². The fourth-order valence-corrected chi connectivity index (χ4v) is 2.86. The van der Waals surface area contributed by atoms with Gasteiger partial charge in [0.1, 0.15) is 0 Å². The summed E-state index contributed by atoms with van der Waals surface area (Å²) in [6, 6.07) is 7.34. The Bertz CT molecular complexity index is 969. The predicted octanol–water partition coefficient (Wildman–Crippen LogP) is 4.29. The molecule has 2 rings (SSSR count). The first kappa shape index (κ1) is 24.3. The molecular weight excluding hydrogens is 462 g/mol. The largest absolute Gasteiger partial charge is 0.455 e. The molecule has 0 aliphatic rings. The molecule has 0 bridgehead atoms. The zero-order valence-corrected chi connectivity index (χ0v) is 17.1. The van der Waals surface area contributed by atoms with E-state index in [-0.39, 0.29) is 12.1 Å². The number of benzene rings is 2. The topological polar surface area (TPSA) is 111 Å². The van der Waals surface area contributed by atoms with E-state index in [0.717, 1.165) is 6.07 Å². The van der Waals surface area contributed by atoms with E-state index >= 15 is 0 Å². The third-order valence-electron chi connectivity index (χ3n) is 3.88. The average Bonchev–Trinajstić information content (AvgIpc) is 2.67. The second kappa shape index (κ2) is 10.4. The molecule has 0 fully saturated rings. The molecule has 1 unspecified atom stereocenters. The zero-order valence-electron chi connectivity index (χ0n) is 15.6. The van der Waals surface area contributed by atoms with E-state index in [0.29, 0.717) is 16.7 Å². The standard InChI is InChI=1S/C19H16Cl2F3N3O4/c20-11-3-1-10(2-4-11)15(27-18(25)30)8-17(29)31-9-16(28)26-12-5-6-14(21)13(7-12)19(22,23)24/h1-7,15H,8-9H2,(H,26,28)(H3,25,27,30). The third kappa shape index (κ3) is 7.65. The van der Waals surface area contributed by atoms with Crippen molar-refractivity contribution >= 4 is 46.8 Å². The van der Waals surface area contributed by atoms with Crippen LogP contribution in [0.5, 0.6) is 0 Å². The summed E-state index contributed by atoms with van der Waals surface area (Å²) in [5.41, 5.74) is 4.34. The van der Waals surface area contributed by atoms with Crippen molar-refractivity contribution in [3.8, 4) is 0 Å². The molecule has 0 saturated heterocycles. The third-order valence-corrected chi connectivity index (χ3v) is 4.46. The van der Waals surface area contributed by atoms with Crippen molar-refractivity contribution in [3.63, 3.8) is 0 Å². The fraction of sp³-hybridized carbons (Fsp3) is 0.211. The van der Waals surface area contributed by atoms with Gasteiger partial charge in [0, 0.05) is 10.7 Å². The SMILES string of the molecule is NC(=O)NC(CC(=O)OCC(=O)Nc1ccc(Cl)c(C(F)(F)F)c1)c1ccc(Cl)cc1. The van der Waals surface area contributed by atoms with Crippen molar-refractivity contribution in [2.45, 2.75) is 18.6 Å². The van der Waals surface area contributed by atoms with E-state index in [2.05, 4.69) is 10.6 Å². The number of hydrogen-bond acceptors (Lipinski definition) is 4. The van der Waals surface area contributed by atoms with E-state index in [1.807, 2.05) is 0 Å². The number of esters is 1. The Morgan fingerprint density at radius 2 is 1.71 bits per heavy atom. The van der Waals surface area contributed by atoms with Crippen molar-refractivity contribution in [2.24, 2.45) is 5.73 Å². The molecule has 0 aromatic heterocycles. The van der Waals surface area contributed by atoms with Gasteiger partial charge in [0.15, 0.2) is 6.61 Å². The lowest BCUT2D eigenvalue weighted by atomic mass is 10.0. The van der Waals surface area contributed by atoms with Crippen LogP contribution < -0.4 is 16.4 Å². The van der Waals surface area contributed by atoms with Crippen LogP contribution in [0.2, 0.25) is 10.0 Å². The summed E-state index contributed by atoms with van der Waals surface area (Å²) in [6.45, 7) is -0.757. The van der Waals surface area contributed by atoms with Crippen LogP contribution in [0.1, 0.15) is 23.6 Å². The van der Waals surface area contributed by atoms with Crippen LogP contribution in [0.3, 0.4) is 0 Å². The first-order chi connectivity index (χ1) is 14.5. The van der Waals surface area contributed by atoms with Crippen molar-refractivity contribution in [3.05, 3.63) is 63.6 Å². The van der Waals surface area contributed by atoms with Crippen LogP contribution in [0.4, 0.5) is 23.7 Å². The second-order valence-corrected chi connectivity index (χ2v) is 7.06. The molecule has 0 aliphatic heterocycles. The molecule has 2 aromatic carbocycles. The van der Waals surface area contributed by atoms with E-state index in [9.17, 15) is 27.6 Å². The summed E-state index contributed by atoms with van der Waals surface area (Å²) in [7, 11) is 0. The zero-order chi connectivity index (χ0) is 23.2. The number of rotatable bonds is 7. The lowest BCUT2D eigenvalue weighted by Crippen LogP contribution is -2.35. The number of carbonyl (C=O) groups excluding carboxylic acids is 3. The maximum Gasteiger partial charge on any atom is 0.417 e. The van der Waals surface area contributed by atoms with Gasteiger partial charge in [0.05, 0.1) is 23.0 Å². The lowest BCUT2D eigenvalue weighted by molar-refractivity contribution is -0.147. The second-order valence-electron chi connectivity index (χ2n) is 6.22. The minimum absolute atomic E-state index is 0.174. The van der Waals surface area contributed by atoms with E-state index in [1.54, 1.807) is 24.3 Å². The van der Waals surface area contributed by atoms with Gasteiger partial charge < -0.3 is 21.1 Å². The molecule has 0 saturated carbocycles. The highest BCUT2D eigenvalue weighted by Gasteiger charge is 2.33. The highest BCUT2D eigenvalue weighted by molar-refractivity contribution is 6.31. The van der Waals surface area contributed by atoms with E-state index in [4.69, 9.17) is 33.7 Å².